The number of halogens is 1. The SMILES string of the molecule is C=CCOc1c(Cl)cc(C2C3=C(CC(C)(C)CC3=O)N(CC)C3=C2C(=O)CC(C)(C)C3)cc1OCC. The second kappa shape index (κ2) is 9.74. The van der Waals surface area contributed by atoms with Crippen LogP contribution in [0.3, 0.4) is 0 Å². The number of rotatable bonds is 7. The van der Waals surface area contributed by atoms with Crippen molar-refractivity contribution in [3.63, 3.8) is 0 Å². The van der Waals surface area contributed by atoms with Gasteiger partial charge in [0, 0.05) is 47.8 Å². The summed E-state index contributed by atoms with van der Waals surface area (Å²) in [7, 11) is 0. The van der Waals surface area contributed by atoms with E-state index in [-0.39, 0.29) is 22.4 Å². The zero-order valence-corrected chi connectivity index (χ0v) is 23.2. The molecule has 1 heterocycles. The van der Waals surface area contributed by atoms with Crippen molar-refractivity contribution in [3.05, 3.63) is 57.9 Å². The van der Waals surface area contributed by atoms with Gasteiger partial charge in [0.25, 0.3) is 0 Å². The normalized spacial score (nSPS) is 21.4. The third kappa shape index (κ3) is 4.74. The van der Waals surface area contributed by atoms with Gasteiger partial charge in [-0.05, 0) is 55.2 Å². The Labute approximate surface area is 220 Å². The molecule has 0 fully saturated rings. The Bertz CT molecular complexity index is 1120. The molecule has 36 heavy (non-hydrogen) atoms. The maximum Gasteiger partial charge on any atom is 0.180 e. The molecule has 0 bridgehead atoms. The molecule has 1 aliphatic heterocycles. The van der Waals surface area contributed by atoms with E-state index in [2.05, 4.69) is 46.1 Å². The van der Waals surface area contributed by atoms with Gasteiger partial charge in [-0.15, -0.1) is 0 Å². The molecule has 0 atom stereocenters. The van der Waals surface area contributed by atoms with Crippen LogP contribution in [-0.4, -0.2) is 36.2 Å². The Hall–Kier alpha value is -2.53. The van der Waals surface area contributed by atoms with Gasteiger partial charge in [-0.3, -0.25) is 9.59 Å². The number of ether oxygens (including phenoxy) is 2. The standard InChI is InChI=1S/C30H38ClNO4/c1-8-11-36-28-19(31)12-18(13-24(28)35-10-3)25-26-20(14-29(4,5)16-22(26)33)32(9-2)21-15-30(6,7)17-23(34)27(21)25/h8,12-13,25H,1,9-11,14-17H2,2-7H3. The van der Waals surface area contributed by atoms with E-state index >= 15 is 0 Å². The second-order valence-electron chi connectivity index (χ2n) is 11.6. The largest absolute Gasteiger partial charge is 0.490 e. The Balaban J connectivity index is 1.98. The molecule has 0 saturated carbocycles. The molecular formula is C30H38ClNO4. The van der Waals surface area contributed by atoms with Gasteiger partial charge in [0.15, 0.2) is 23.1 Å². The number of hydrogen-bond acceptors (Lipinski definition) is 5. The highest BCUT2D eigenvalue weighted by Crippen LogP contribution is 2.55. The Morgan fingerprint density at radius 2 is 1.53 bits per heavy atom. The Morgan fingerprint density at radius 3 is 2.00 bits per heavy atom. The van der Waals surface area contributed by atoms with E-state index in [0.29, 0.717) is 42.6 Å². The van der Waals surface area contributed by atoms with Gasteiger partial charge < -0.3 is 14.4 Å². The van der Waals surface area contributed by atoms with Crippen LogP contribution in [0.1, 0.15) is 78.7 Å². The van der Waals surface area contributed by atoms with Crippen molar-refractivity contribution in [1.29, 1.82) is 0 Å². The third-order valence-corrected chi connectivity index (χ3v) is 7.63. The minimum Gasteiger partial charge on any atom is -0.490 e. The lowest BCUT2D eigenvalue weighted by Gasteiger charge is -2.49. The topological polar surface area (TPSA) is 55.8 Å². The van der Waals surface area contributed by atoms with Gasteiger partial charge >= 0.3 is 0 Å². The summed E-state index contributed by atoms with van der Waals surface area (Å²) >= 11 is 6.74. The van der Waals surface area contributed by atoms with E-state index in [1.807, 2.05) is 19.1 Å². The summed E-state index contributed by atoms with van der Waals surface area (Å²) < 4.78 is 11.7. The third-order valence-electron chi connectivity index (χ3n) is 7.35. The molecule has 0 amide bonds. The number of nitrogens with zero attached hydrogens (tertiary/aromatic N) is 1. The smallest absolute Gasteiger partial charge is 0.180 e. The van der Waals surface area contributed by atoms with Crippen LogP contribution in [0, 0.1) is 10.8 Å². The molecule has 2 aliphatic carbocycles. The molecule has 0 spiro atoms. The van der Waals surface area contributed by atoms with Crippen LogP contribution in [0.25, 0.3) is 0 Å². The molecule has 0 N–H and O–H groups in total. The minimum atomic E-state index is -0.463. The summed E-state index contributed by atoms with van der Waals surface area (Å²) in [5.41, 5.74) is 4.09. The summed E-state index contributed by atoms with van der Waals surface area (Å²) in [6.07, 6.45) is 4.13. The van der Waals surface area contributed by atoms with E-state index in [4.69, 9.17) is 21.1 Å². The Kier molecular flexibility index (Phi) is 7.18. The lowest BCUT2D eigenvalue weighted by Crippen LogP contribution is -2.44. The Morgan fingerprint density at radius 1 is 0.972 bits per heavy atom. The first kappa shape index (κ1) is 26.5. The zero-order valence-electron chi connectivity index (χ0n) is 22.4. The van der Waals surface area contributed by atoms with Gasteiger partial charge in [-0.25, -0.2) is 0 Å². The first-order valence-electron chi connectivity index (χ1n) is 12.9. The number of benzene rings is 1. The van der Waals surface area contributed by atoms with Gasteiger partial charge in [-0.1, -0.05) is 52.0 Å². The average Bonchev–Trinajstić information content (AvgIpc) is 2.75. The quantitative estimate of drug-likeness (QED) is 0.368. The van der Waals surface area contributed by atoms with E-state index in [1.54, 1.807) is 6.08 Å². The van der Waals surface area contributed by atoms with Gasteiger partial charge in [0.2, 0.25) is 0 Å². The van der Waals surface area contributed by atoms with Crippen molar-refractivity contribution in [3.8, 4) is 11.5 Å². The number of carbonyl (C=O) groups is 2. The predicted molar refractivity (Wildman–Crippen MR) is 144 cm³/mol. The molecule has 6 heteroatoms. The van der Waals surface area contributed by atoms with Crippen LogP contribution in [0.5, 0.6) is 11.5 Å². The fraction of sp³-hybridized carbons (Fsp3) is 0.533. The first-order chi connectivity index (χ1) is 16.9. The summed E-state index contributed by atoms with van der Waals surface area (Å²) in [4.78, 5) is 29.8. The monoisotopic (exact) mass is 511 g/mol. The van der Waals surface area contributed by atoms with Crippen LogP contribution < -0.4 is 9.47 Å². The van der Waals surface area contributed by atoms with Crippen molar-refractivity contribution < 1.29 is 19.1 Å². The molecule has 0 saturated heterocycles. The van der Waals surface area contributed by atoms with Crippen LogP contribution in [0.15, 0.2) is 47.3 Å². The summed E-state index contributed by atoms with van der Waals surface area (Å²) in [6, 6.07) is 3.74. The number of allylic oxidation sites excluding steroid dienone is 4. The summed E-state index contributed by atoms with van der Waals surface area (Å²) in [5, 5.41) is 0.396. The van der Waals surface area contributed by atoms with Crippen molar-refractivity contribution >= 4 is 23.2 Å². The fourth-order valence-electron chi connectivity index (χ4n) is 6.06. The van der Waals surface area contributed by atoms with Crippen molar-refractivity contribution in [2.24, 2.45) is 10.8 Å². The lowest BCUT2D eigenvalue weighted by atomic mass is 9.63. The highest BCUT2D eigenvalue weighted by Gasteiger charge is 2.48. The molecule has 1 aromatic carbocycles. The molecule has 0 unspecified atom stereocenters. The van der Waals surface area contributed by atoms with Crippen LogP contribution in [0.4, 0.5) is 0 Å². The second-order valence-corrected chi connectivity index (χ2v) is 12.0. The average molecular weight is 512 g/mol. The lowest BCUT2D eigenvalue weighted by molar-refractivity contribution is -0.119. The highest BCUT2D eigenvalue weighted by atomic mass is 35.5. The maximum atomic E-state index is 13.8. The number of carbonyl (C=O) groups excluding carboxylic acids is 2. The molecule has 3 aliphatic rings. The number of Topliss-reactive ketones (excluding diaryl/α,β-unsaturated/α-hetero) is 2. The van der Waals surface area contributed by atoms with Gasteiger partial charge in [0.05, 0.1) is 11.6 Å². The molecular weight excluding hydrogens is 474 g/mol. The molecule has 194 valence electrons. The maximum absolute atomic E-state index is 13.8. The van der Waals surface area contributed by atoms with Gasteiger partial charge in [0.1, 0.15) is 6.61 Å². The predicted octanol–water partition coefficient (Wildman–Crippen LogP) is 7.01. The van der Waals surface area contributed by atoms with Crippen LogP contribution in [-0.2, 0) is 9.59 Å². The molecule has 5 nitrogen and oxygen atoms in total. The van der Waals surface area contributed by atoms with E-state index in [9.17, 15) is 9.59 Å². The van der Waals surface area contributed by atoms with Crippen molar-refractivity contribution in [2.45, 2.75) is 73.1 Å². The molecule has 1 aromatic rings. The van der Waals surface area contributed by atoms with E-state index in [0.717, 1.165) is 47.5 Å². The van der Waals surface area contributed by atoms with Crippen molar-refractivity contribution in [1.82, 2.24) is 4.90 Å². The zero-order chi connectivity index (χ0) is 26.4. The molecule has 4 rings (SSSR count). The fourth-order valence-corrected chi connectivity index (χ4v) is 6.34. The summed E-state index contributed by atoms with van der Waals surface area (Å²) in [5.74, 6) is 0.708. The number of ketones is 2. The van der Waals surface area contributed by atoms with E-state index < -0.39 is 5.92 Å². The molecule has 0 radical (unpaired) electrons. The first-order valence-corrected chi connectivity index (χ1v) is 13.3. The van der Waals surface area contributed by atoms with Gasteiger partial charge in [-0.2, -0.15) is 0 Å². The minimum absolute atomic E-state index is 0.106. The van der Waals surface area contributed by atoms with Crippen molar-refractivity contribution in [2.75, 3.05) is 19.8 Å². The summed E-state index contributed by atoms with van der Waals surface area (Å²) in [6.45, 7) is 17.7. The number of hydrogen-bond donors (Lipinski definition) is 0. The van der Waals surface area contributed by atoms with Crippen LogP contribution in [0.2, 0.25) is 5.02 Å². The van der Waals surface area contributed by atoms with Crippen LogP contribution >= 0.6 is 11.6 Å². The highest BCUT2D eigenvalue weighted by molar-refractivity contribution is 6.32. The van der Waals surface area contributed by atoms with E-state index in [1.165, 1.54) is 0 Å². The molecule has 0 aromatic heterocycles.